The van der Waals surface area contributed by atoms with Gasteiger partial charge in [0.15, 0.2) is 0 Å². The van der Waals surface area contributed by atoms with Crippen molar-refractivity contribution in [3.05, 3.63) is 107 Å². The third-order valence-electron chi connectivity index (χ3n) is 5.44. The monoisotopic (exact) mass is 472 g/mol. The lowest BCUT2D eigenvalue weighted by Crippen LogP contribution is -2.58. The Kier molecular flexibility index (Phi) is 6.65. The van der Waals surface area contributed by atoms with Crippen molar-refractivity contribution in [2.45, 2.75) is 18.4 Å². The molecule has 0 radical (unpaired) electrons. The van der Waals surface area contributed by atoms with Crippen molar-refractivity contribution in [1.29, 1.82) is 0 Å². The lowest BCUT2D eigenvalue weighted by atomic mass is 9.95. The fourth-order valence-corrected chi connectivity index (χ4v) is 3.67. The number of likely N-dealkylation sites (tertiary alicyclic amines) is 1. The van der Waals surface area contributed by atoms with E-state index in [1.165, 1.54) is 35.2 Å². The number of ether oxygens (including phenoxy) is 1. The van der Waals surface area contributed by atoms with Crippen LogP contribution >= 0.6 is 0 Å². The standard InChI is InChI=1S/C25H20F4N2O3/c26-18-12-10-16(11-13-18)22(20-8-4-5-9-21(20)25(27,28)29)34-19-14-31(15-19)24(33)30-23(32)17-6-2-1-3-7-17/h1-13,19,22H,14-15H2,(H,30,32,33). The SMILES string of the molecule is O=C(NC(=O)N1CC(OC(c2ccc(F)cc2)c2ccccc2C(F)(F)F)C1)c1ccccc1. The Hall–Kier alpha value is -3.72. The van der Waals surface area contributed by atoms with Gasteiger partial charge in [-0.15, -0.1) is 0 Å². The number of rotatable bonds is 5. The Morgan fingerprint density at radius 2 is 1.53 bits per heavy atom. The summed E-state index contributed by atoms with van der Waals surface area (Å²) in [6.45, 7) is 0.166. The Morgan fingerprint density at radius 1 is 0.912 bits per heavy atom. The summed E-state index contributed by atoms with van der Waals surface area (Å²) in [5, 5.41) is 2.27. The lowest BCUT2D eigenvalue weighted by Gasteiger charge is -2.40. The van der Waals surface area contributed by atoms with Gasteiger partial charge in [-0.05, 0) is 41.5 Å². The summed E-state index contributed by atoms with van der Waals surface area (Å²) in [4.78, 5) is 25.8. The highest BCUT2D eigenvalue weighted by Crippen LogP contribution is 2.39. The van der Waals surface area contributed by atoms with Crippen LogP contribution in [0.5, 0.6) is 0 Å². The number of hydrogen-bond donors (Lipinski definition) is 1. The molecule has 0 bridgehead atoms. The number of hydrogen-bond acceptors (Lipinski definition) is 3. The number of nitrogens with one attached hydrogen (secondary N) is 1. The summed E-state index contributed by atoms with van der Waals surface area (Å²) < 4.78 is 60.3. The van der Waals surface area contributed by atoms with Crippen molar-refractivity contribution in [2.24, 2.45) is 0 Å². The van der Waals surface area contributed by atoms with Crippen LogP contribution in [0.3, 0.4) is 0 Å². The number of alkyl halides is 3. The van der Waals surface area contributed by atoms with E-state index in [1.807, 2.05) is 0 Å². The second-order valence-electron chi connectivity index (χ2n) is 7.80. The van der Waals surface area contributed by atoms with E-state index in [2.05, 4.69) is 5.32 Å². The van der Waals surface area contributed by atoms with E-state index >= 15 is 0 Å². The molecule has 1 saturated heterocycles. The van der Waals surface area contributed by atoms with E-state index in [0.717, 1.165) is 18.2 Å². The second kappa shape index (κ2) is 9.64. The van der Waals surface area contributed by atoms with E-state index in [4.69, 9.17) is 4.74 Å². The average molecular weight is 472 g/mol. The molecule has 3 aromatic rings. The van der Waals surface area contributed by atoms with Crippen molar-refractivity contribution in [3.63, 3.8) is 0 Å². The molecule has 9 heteroatoms. The first-order valence-corrected chi connectivity index (χ1v) is 10.4. The van der Waals surface area contributed by atoms with Gasteiger partial charge in [0.2, 0.25) is 0 Å². The zero-order valence-electron chi connectivity index (χ0n) is 17.8. The molecular weight excluding hydrogens is 452 g/mol. The number of amides is 3. The third kappa shape index (κ3) is 5.26. The third-order valence-corrected chi connectivity index (χ3v) is 5.44. The van der Waals surface area contributed by atoms with Crippen molar-refractivity contribution >= 4 is 11.9 Å². The number of nitrogens with zero attached hydrogens (tertiary/aromatic N) is 1. The molecule has 1 heterocycles. The minimum atomic E-state index is -4.61. The molecule has 0 aromatic heterocycles. The maximum atomic E-state index is 13.6. The number of benzene rings is 3. The van der Waals surface area contributed by atoms with Gasteiger partial charge >= 0.3 is 12.2 Å². The molecule has 0 saturated carbocycles. The van der Waals surface area contributed by atoms with Crippen molar-refractivity contribution < 1.29 is 31.9 Å². The zero-order valence-corrected chi connectivity index (χ0v) is 17.8. The molecule has 4 rings (SSSR count). The quantitative estimate of drug-likeness (QED) is 0.521. The first kappa shape index (κ1) is 23.4. The van der Waals surface area contributed by atoms with Gasteiger partial charge < -0.3 is 9.64 Å². The largest absolute Gasteiger partial charge is 0.416 e. The van der Waals surface area contributed by atoms with Crippen LogP contribution in [0.2, 0.25) is 0 Å². The molecule has 34 heavy (non-hydrogen) atoms. The smallest absolute Gasteiger partial charge is 0.362 e. The summed E-state index contributed by atoms with van der Waals surface area (Å²) in [7, 11) is 0. The van der Waals surface area contributed by atoms with Crippen LogP contribution in [-0.4, -0.2) is 36.0 Å². The highest BCUT2D eigenvalue weighted by Gasteiger charge is 2.39. The molecule has 0 spiro atoms. The molecule has 0 aliphatic carbocycles. The molecule has 1 N–H and O–H groups in total. The van der Waals surface area contributed by atoms with Crippen molar-refractivity contribution in [2.75, 3.05) is 13.1 Å². The number of imide groups is 1. The minimum Gasteiger partial charge on any atom is -0.362 e. The van der Waals surface area contributed by atoms with Crippen LogP contribution in [0.1, 0.15) is 33.2 Å². The van der Waals surface area contributed by atoms with Gasteiger partial charge in [-0.2, -0.15) is 13.2 Å². The van der Waals surface area contributed by atoms with Crippen molar-refractivity contribution in [1.82, 2.24) is 10.2 Å². The maximum absolute atomic E-state index is 13.6. The number of halogens is 4. The highest BCUT2D eigenvalue weighted by atomic mass is 19.4. The van der Waals surface area contributed by atoms with Gasteiger partial charge in [0.1, 0.15) is 11.9 Å². The van der Waals surface area contributed by atoms with E-state index in [1.54, 1.807) is 30.3 Å². The van der Waals surface area contributed by atoms with Gasteiger partial charge in [0, 0.05) is 5.56 Å². The zero-order chi connectivity index (χ0) is 24.3. The second-order valence-corrected chi connectivity index (χ2v) is 7.80. The van der Waals surface area contributed by atoms with Gasteiger partial charge in [-0.3, -0.25) is 10.1 Å². The Balaban J connectivity index is 1.47. The van der Waals surface area contributed by atoms with E-state index in [0.29, 0.717) is 11.1 Å². The predicted molar refractivity (Wildman–Crippen MR) is 115 cm³/mol. The molecule has 1 fully saturated rings. The topological polar surface area (TPSA) is 58.6 Å². The first-order valence-electron chi connectivity index (χ1n) is 10.4. The van der Waals surface area contributed by atoms with Gasteiger partial charge in [0.05, 0.1) is 24.8 Å². The maximum Gasteiger partial charge on any atom is 0.416 e. The Labute approximate surface area is 193 Å². The molecule has 176 valence electrons. The summed E-state index contributed by atoms with van der Waals surface area (Å²) in [5.74, 6) is -1.08. The van der Waals surface area contributed by atoms with Gasteiger partial charge in [0.25, 0.3) is 5.91 Å². The van der Waals surface area contributed by atoms with Crippen LogP contribution in [0.4, 0.5) is 22.4 Å². The minimum absolute atomic E-state index is 0.0831. The normalized spacial score (nSPS) is 14.9. The van der Waals surface area contributed by atoms with Crippen LogP contribution in [0.15, 0.2) is 78.9 Å². The Morgan fingerprint density at radius 3 is 2.18 bits per heavy atom. The molecule has 3 aromatic carbocycles. The first-order chi connectivity index (χ1) is 16.2. The molecule has 1 aliphatic rings. The summed E-state index contributed by atoms with van der Waals surface area (Å²) in [6.07, 6.45) is -6.31. The summed E-state index contributed by atoms with van der Waals surface area (Å²) in [6, 6.07) is 17.7. The number of urea groups is 1. The Bertz CT molecular complexity index is 1160. The summed E-state index contributed by atoms with van der Waals surface area (Å²) in [5.41, 5.74) is -0.292. The lowest BCUT2D eigenvalue weighted by molar-refractivity contribution is -0.140. The predicted octanol–water partition coefficient (Wildman–Crippen LogP) is 5.18. The molecule has 5 nitrogen and oxygen atoms in total. The fourth-order valence-electron chi connectivity index (χ4n) is 3.67. The van der Waals surface area contributed by atoms with E-state index in [-0.39, 0.29) is 18.7 Å². The van der Waals surface area contributed by atoms with Crippen LogP contribution < -0.4 is 5.32 Å². The average Bonchev–Trinajstić information content (AvgIpc) is 2.79. The molecule has 1 unspecified atom stereocenters. The van der Waals surface area contributed by atoms with Crippen LogP contribution in [-0.2, 0) is 10.9 Å². The molecule has 1 atom stereocenters. The molecular formula is C25H20F4N2O3. The van der Waals surface area contributed by atoms with Gasteiger partial charge in [-0.1, -0.05) is 48.5 Å². The molecule has 3 amide bonds. The van der Waals surface area contributed by atoms with Crippen LogP contribution in [0.25, 0.3) is 0 Å². The van der Waals surface area contributed by atoms with Gasteiger partial charge in [-0.25, -0.2) is 9.18 Å². The van der Waals surface area contributed by atoms with Crippen molar-refractivity contribution in [3.8, 4) is 0 Å². The molecule has 1 aliphatic heterocycles. The highest BCUT2D eigenvalue weighted by molar-refractivity contribution is 6.04. The van der Waals surface area contributed by atoms with E-state index in [9.17, 15) is 27.2 Å². The van der Waals surface area contributed by atoms with Crippen LogP contribution in [0, 0.1) is 5.82 Å². The van der Waals surface area contributed by atoms with E-state index < -0.39 is 41.7 Å². The fraction of sp³-hybridized carbons (Fsp3) is 0.200. The number of carbonyl (C=O) groups is 2. The summed E-state index contributed by atoms with van der Waals surface area (Å²) >= 11 is 0. The number of carbonyl (C=O) groups excluding carboxylic acids is 2.